The third-order valence-electron chi connectivity index (χ3n) is 3.06. The zero-order chi connectivity index (χ0) is 13.2. The maximum Gasteiger partial charge on any atom is 0.245 e. The summed E-state index contributed by atoms with van der Waals surface area (Å²) in [5.74, 6) is -0.195. The van der Waals surface area contributed by atoms with Crippen LogP contribution < -0.4 is 0 Å². The van der Waals surface area contributed by atoms with Crippen molar-refractivity contribution in [2.75, 3.05) is 7.05 Å². The third kappa shape index (κ3) is 6.40. The van der Waals surface area contributed by atoms with Crippen LogP contribution >= 0.6 is 0 Å². The lowest BCUT2D eigenvalue weighted by atomic mass is 10.0. The SMILES string of the molecule is CN(O)C(=O)CCCCCCCc1ccccc1. The Bertz CT molecular complexity index is 336. The van der Waals surface area contributed by atoms with E-state index in [1.165, 1.54) is 25.5 Å². The van der Waals surface area contributed by atoms with E-state index in [1.807, 2.05) is 6.07 Å². The number of rotatable bonds is 8. The molecule has 100 valence electrons. The van der Waals surface area contributed by atoms with Crippen molar-refractivity contribution in [2.24, 2.45) is 0 Å². The number of unbranched alkanes of at least 4 members (excludes halogenated alkanes) is 4. The first kappa shape index (κ1) is 14.7. The second kappa shape index (κ2) is 8.70. The number of nitrogens with zero attached hydrogens (tertiary/aromatic N) is 1. The molecule has 0 heterocycles. The molecule has 0 aliphatic rings. The molecule has 1 aromatic rings. The smallest absolute Gasteiger partial charge is 0.245 e. The Balaban J connectivity index is 1.95. The van der Waals surface area contributed by atoms with Crippen molar-refractivity contribution in [3.05, 3.63) is 35.9 Å². The van der Waals surface area contributed by atoms with Gasteiger partial charge in [-0.15, -0.1) is 0 Å². The van der Waals surface area contributed by atoms with Crippen LogP contribution in [-0.4, -0.2) is 23.2 Å². The van der Waals surface area contributed by atoms with Crippen LogP contribution in [0.1, 0.15) is 44.1 Å². The topological polar surface area (TPSA) is 40.5 Å². The summed E-state index contributed by atoms with van der Waals surface area (Å²) in [6.45, 7) is 0. The first-order chi connectivity index (χ1) is 8.70. The predicted octanol–water partition coefficient (Wildman–Crippen LogP) is 3.42. The minimum absolute atomic E-state index is 0.195. The highest BCUT2D eigenvalue weighted by atomic mass is 16.5. The molecule has 3 heteroatoms. The summed E-state index contributed by atoms with van der Waals surface area (Å²) in [6.07, 6.45) is 7.10. The van der Waals surface area contributed by atoms with Gasteiger partial charge >= 0.3 is 0 Å². The van der Waals surface area contributed by atoms with Gasteiger partial charge in [0, 0.05) is 13.5 Å². The van der Waals surface area contributed by atoms with Crippen molar-refractivity contribution in [2.45, 2.75) is 44.9 Å². The van der Waals surface area contributed by atoms with Gasteiger partial charge in [-0.2, -0.15) is 0 Å². The van der Waals surface area contributed by atoms with Crippen LogP contribution in [0.25, 0.3) is 0 Å². The number of amides is 1. The van der Waals surface area contributed by atoms with Crippen molar-refractivity contribution in [3.8, 4) is 0 Å². The molecule has 3 nitrogen and oxygen atoms in total. The Morgan fingerprint density at radius 3 is 2.33 bits per heavy atom. The molecule has 0 saturated carbocycles. The Kier molecular flexibility index (Phi) is 7.11. The van der Waals surface area contributed by atoms with Crippen LogP contribution in [0, 0.1) is 0 Å². The second-order valence-electron chi connectivity index (χ2n) is 4.67. The number of hydrogen-bond acceptors (Lipinski definition) is 2. The highest BCUT2D eigenvalue weighted by Gasteiger charge is 2.04. The van der Waals surface area contributed by atoms with Gasteiger partial charge in [-0.1, -0.05) is 49.6 Å². The number of carbonyl (C=O) groups is 1. The fourth-order valence-corrected chi connectivity index (χ4v) is 1.94. The Labute approximate surface area is 109 Å². The number of benzene rings is 1. The summed E-state index contributed by atoms with van der Waals surface area (Å²) in [6, 6.07) is 10.5. The van der Waals surface area contributed by atoms with Crippen LogP contribution in [-0.2, 0) is 11.2 Å². The fourth-order valence-electron chi connectivity index (χ4n) is 1.94. The van der Waals surface area contributed by atoms with E-state index in [0.29, 0.717) is 11.5 Å². The van der Waals surface area contributed by atoms with E-state index >= 15 is 0 Å². The van der Waals surface area contributed by atoms with Crippen LogP contribution in [0.5, 0.6) is 0 Å². The van der Waals surface area contributed by atoms with Gasteiger partial charge in [0.15, 0.2) is 0 Å². The largest absolute Gasteiger partial charge is 0.286 e. The summed E-state index contributed by atoms with van der Waals surface area (Å²) < 4.78 is 0. The average molecular weight is 249 g/mol. The van der Waals surface area contributed by atoms with E-state index in [9.17, 15) is 4.79 Å². The quantitative estimate of drug-likeness (QED) is 0.435. The average Bonchev–Trinajstić information content (AvgIpc) is 2.38. The van der Waals surface area contributed by atoms with Crippen LogP contribution in [0.2, 0.25) is 0 Å². The summed E-state index contributed by atoms with van der Waals surface area (Å²) in [5, 5.41) is 9.55. The molecule has 1 amide bonds. The van der Waals surface area contributed by atoms with Crippen molar-refractivity contribution in [1.82, 2.24) is 5.06 Å². The summed E-state index contributed by atoms with van der Waals surface area (Å²) in [7, 11) is 1.38. The minimum Gasteiger partial charge on any atom is -0.286 e. The van der Waals surface area contributed by atoms with Crippen molar-refractivity contribution >= 4 is 5.91 Å². The standard InChI is InChI=1S/C15H23NO2/c1-16(18)15(17)13-9-4-2-3-6-10-14-11-7-5-8-12-14/h5,7-8,11-12,18H,2-4,6,9-10,13H2,1H3. The monoisotopic (exact) mass is 249 g/mol. The predicted molar refractivity (Wildman–Crippen MR) is 72.4 cm³/mol. The van der Waals surface area contributed by atoms with Gasteiger partial charge in [-0.05, 0) is 24.8 Å². The first-order valence-corrected chi connectivity index (χ1v) is 6.69. The second-order valence-corrected chi connectivity index (χ2v) is 4.67. The van der Waals surface area contributed by atoms with Crippen LogP contribution in [0.15, 0.2) is 30.3 Å². The van der Waals surface area contributed by atoms with E-state index in [0.717, 1.165) is 25.7 Å². The van der Waals surface area contributed by atoms with E-state index in [-0.39, 0.29) is 5.91 Å². The number of carbonyl (C=O) groups excluding carboxylic acids is 1. The van der Waals surface area contributed by atoms with Gasteiger partial charge in [0.2, 0.25) is 5.91 Å². The van der Waals surface area contributed by atoms with Gasteiger partial charge in [-0.3, -0.25) is 10.0 Å². The van der Waals surface area contributed by atoms with Crippen molar-refractivity contribution in [3.63, 3.8) is 0 Å². The molecule has 0 saturated heterocycles. The summed E-state index contributed by atoms with van der Waals surface area (Å²) >= 11 is 0. The van der Waals surface area contributed by atoms with E-state index in [2.05, 4.69) is 24.3 Å². The summed E-state index contributed by atoms with van der Waals surface area (Å²) in [5.41, 5.74) is 1.40. The van der Waals surface area contributed by atoms with Crippen LogP contribution in [0.3, 0.4) is 0 Å². The molecule has 1 N–H and O–H groups in total. The first-order valence-electron chi connectivity index (χ1n) is 6.69. The Morgan fingerprint density at radius 2 is 1.67 bits per heavy atom. The molecule has 1 rings (SSSR count). The van der Waals surface area contributed by atoms with Crippen molar-refractivity contribution < 1.29 is 10.0 Å². The lowest BCUT2D eigenvalue weighted by Crippen LogP contribution is -2.21. The molecule has 0 spiro atoms. The highest BCUT2D eigenvalue weighted by molar-refractivity contribution is 5.74. The third-order valence-corrected chi connectivity index (χ3v) is 3.06. The molecule has 18 heavy (non-hydrogen) atoms. The molecule has 1 aromatic carbocycles. The lowest BCUT2D eigenvalue weighted by Gasteiger charge is -2.07. The Hall–Kier alpha value is -1.35. The van der Waals surface area contributed by atoms with Gasteiger partial charge < -0.3 is 0 Å². The lowest BCUT2D eigenvalue weighted by molar-refractivity contribution is -0.159. The Morgan fingerprint density at radius 1 is 1.06 bits per heavy atom. The summed E-state index contributed by atoms with van der Waals surface area (Å²) in [4.78, 5) is 11.1. The van der Waals surface area contributed by atoms with Gasteiger partial charge in [0.25, 0.3) is 0 Å². The number of hydrogen-bond donors (Lipinski definition) is 1. The molecular formula is C15H23NO2. The minimum atomic E-state index is -0.195. The van der Waals surface area contributed by atoms with E-state index in [4.69, 9.17) is 5.21 Å². The van der Waals surface area contributed by atoms with Crippen LogP contribution in [0.4, 0.5) is 0 Å². The van der Waals surface area contributed by atoms with Gasteiger partial charge in [0.1, 0.15) is 0 Å². The molecule has 0 atom stereocenters. The highest BCUT2D eigenvalue weighted by Crippen LogP contribution is 2.10. The maximum atomic E-state index is 11.1. The molecule has 0 fully saturated rings. The molecule has 0 radical (unpaired) electrons. The molecule has 0 aromatic heterocycles. The maximum absolute atomic E-state index is 11.1. The zero-order valence-corrected chi connectivity index (χ0v) is 11.1. The van der Waals surface area contributed by atoms with Gasteiger partial charge in [0.05, 0.1) is 0 Å². The molecular weight excluding hydrogens is 226 g/mol. The molecule has 0 bridgehead atoms. The number of aryl methyl sites for hydroxylation is 1. The zero-order valence-electron chi connectivity index (χ0n) is 11.1. The number of hydroxylamine groups is 2. The van der Waals surface area contributed by atoms with Gasteiger partial charge in [-0.25, -0.2) is 5.06 Å². The van der Waals surface area contributed by atoms with E-state index in [1.54, 1.807) is 0 Å². The molecule has 0 aliphatic heterocycles. The fraction of sp³-hybridized carbons (Fsp3) is 0.533. The van der Waals surface area contributed by atoms with Crippen molar-refractivity contribution in [1.29, 1.82) is 0 Å². The normalized spacial score (nSPS) is 10.3. The molecule has 0 unspecified atom stereocenters. The van der Waals surface area contributed by atoms with E-state index < -0.39 is 0 Å². The molecule has 0 aliphatic carbocycles.